The lowest BCUT2D eigenvalue weighted by molar-refractivity contribution is -0.796. The quantitative estimate of drug-likeness (QED) is 0.686. The standard InChI is InChI=1S/C13H19N3O/c1-9(17)16-11-8-6-5-7-10(11)14-15-12(16)13(2,3)4/h5-9,14,17H,1-4H3/p+1. The van der Waals surface area contributed by atoms with Crippen LogP contribution in [-0.4, -0.2) is 17.2 Å². The maximum absolute atomic E-state index is 10.0. The highest BCUT2D eigenvalue weighted by Crippen LogP contribution is 2.24. The van der Waals surface area contributed by atoms with Crippen LogP contribution in [0.4, 0.5) is 11.4 Å². The van der Waals surface area contributed by atoms with E-state index in [4.69, 9.17) is 0 Å². The van der Waals surface area contributed by atoms with Crippen LogP contribution in [0.25, 0.3) is 0 Å². The van der Waals surface area contributed by atoms with E-state index in [0.717, 1.165) is 22.1 Å². The largest absolute Gasteiger partial charge is 0.344 e. The molecule has 2 atom stereocenters. The first-order valence-corrected chi connectivity index (χ1v) is 5.90. The third-order valence-corrected chi connectivity index (χ3v) is 2.89. The van der Waals surface area contributed by atoms with E-state index in [-0.39, 0.29) is 5.41 Å². The molecule has 92 valence electrons. The highest BCUT2D eigenvalue weighted by Gasteiger charge is 2.38. The minimum Gasteiger partial charge on any atom is -0.344 e. The molecule has 4 heteroatoms. The van der Waals surface area contributed by atoms with Crippen molar-refractivity contribution in [3.63, 3.8) is 0 Å². The average molecular weight is 234 g/mol. The Hall–Kier alpha value is -1.39. The molecule has 0 amide bonds. The molecule has 4 nitrogen and oxygen atoms in total. The van der Waals surface area contributed by atoms with Crippen LogP contribution in [-0.2, 0) is 0 Å². The molecule has 2 rings (SSSR count). The van der Waals surface area contributed by atoms with E-state index >= 15 is 0 Å². The van der Waals surface area contributed by atoms with Gasteiger partial charge in [-0.05, 0) is 26.8 Å². The Labute approximate surface area is 102 Å². The van der Waals surface area contributed by atoms with Gasteiger partial charge in [0.15, 0.2) is 11.9 Å². The van der Waals surface area contributed by atoms with Gasteiger partial charge in [0.25, 0.3) is 0 Å². The van der Waals surface area contributed by atoms with E-state index in [0.29, 0.717) is 0 Å². The summed E-state index contributed by atoms with van der Waals surface area (Å²) in [5.74, 6) is 0.922. The number of hydrogen-bond acceptors (Lipinski definition) is 3. The number of hydrogen-bond donors (Lipinski definition) is 3. The van der Waals surface area contributed by atoms with Crippen molar-refractivity contribution in [3.05, 3.63) is 24.3 Å². The zero-order valence-corrected chi connectivity index (χ0v) is 10.8. The van der Waals surface area contributed by atoms with Crippen molar-refractivity contribution in [2.75, 3.05) is 5.43 Å². The van der Waals surface area contributed by atoms with Gasteiger partial charge in [0.2, 0.25) is 5.84 Å². The van der Waals surface area contributed by atoms with Crippen LogP contribution in [0.1, 0.15) is 27.7 Å². The Balaban J connectivity index is 2.50. The predicted octanol–water partition coefficient (Wildman–Crippen LogP) is 1.33. The van der Waals surface area contributed by atoms with Gasteiger partial charge >= 0.3 is 0 Å². The molecule has 1 aliphatic rings. The molecule has 0 saturated carbocycles. The number of anilines is 1. The Morgan fingerprint density at radius 2 is 1.94 bits per heavy atom. The lowest BCUT2D eigenvalue weighted by Crippen LogP contribution is -3.15. The Morgan fingerprint density at radius 1 is 1.29 bits per heavy atom. The fourth-order valence-corrected chi connectivity index (χ4v) is 2.11. The molecule has 1 aromatic rings. The molecule has 0 saturated heterocycles. The fourth-order valence-electron chi connectivity index (χ4n) is 2.11. The van der Waals surface area contributed by atoms with Crippen LogP contribution >= 0.6 is 0 Å². The molecular formula is C13H20N3O+. The van der Waals surface area contributed by atoms with E-state index in [9.17, 15) is 5.11 Å². The van der Waals surface area contributed by atoms with Crippen molar-refractivity contribution < 1.29 is 10.0 Å². The lowest BCUT2D eigenvalue weighted by Gasteiger charge is -2.33. The SMILES string of the molecule is CC(O)[NH+]1C(C(C)(C)C)=NNc2ccccc21. The number of amidine groups is 1. The van der Waals surface area contributed by atoms with Crippen molar-refractivity contribution in [2.45, 2.75) is 33.9 Å². The van der Waals surface area contributed by atoms with Crippen LogP contribution in [0.3, 0.4) is 0 Å². The maximum Gasteiger partial charge on any atom is 0.231 e. The second-order valence-corrected chi connectivity index (χ2v) is 5.46. The van der Waals surface area contributed by atoms with Crippen LogP contribution in [0.5, 0.6) is 0 Å². The van der Waals surface area contributed by atoms with E-state index in [1.54, 1.807) is 6.92 Å². The van der Waals surface area contributed by atoms with Crippen LogP contribution in [0.2, 0.25) is 0 Å². The summed E-state index contributed by atoms with van der Waals surface area (Å²) in [6.07, 6.45) is -0.517. The first-order valence-electron chi connectivity index (χ1n) is 5.90. The van der Waals surface area contributed by atoms with Gasteiger partial charge in [-0.1, -0.05) is 12.1 Å². The molecule has 0 bridgehead atoms. The average Bonchev–Trinajstić information content (AvgIpc) is 2.26. The first kappa shape index (κ1) is 12.1. The second kappa shape index (κ2) is 4.13. The van der Waals surface area contributed by atoms with Gasteiger partial charge in [-0.25, -0.2) is 4.90 Å². The Kier molecular flexibility index (Phi) is 2.93. The Bertz CT molecular complexity index is 446. The van der Waals surface area contributed by atoms with Gasteiger partial charge in [0.05, 0.1) is 5.41 Å². The number of nitrogens with zero attached hydrogens (tertiary/aromatic N) is 1. The monoisotopic (exact) mass is 234 g/mol. The third-order valence-electron chi connectivity index (χ3n) is 2.89. The number of benzene rings is 1. The van der Waals surface area contributed by atoms with Gasteiger partial charge in [-0.15, -0.1) is 5.10 Å². The Morgan fingerprint density at radius 3 is 2.53 bits per heavy atom. The molecule has 17 heavy (non-hydrogen) atoms. The zero-order valence-electron chi connectivity index (χ0n) is 10.8. The van der Waals surface area contributed by atoms with Gasteiger partial charge in [0, 0.05) is 13.0 Å². The summed E-state index contributed by atoms with van der Waals surface area (Å²) in [4.78, 5) is 0.923. The van der Waals surface area contributed by atoms with Gasteiger partial charge in [0.1, 0.15) is 5.69 Å². The number of para-hydroxylation sites is 2. The third kappa shape index (κ3) is 2.18. The van der Waals surface area contributed by atoms with Crippen LogP contribution in [0, 0.1) is 5.41 Å². The topological polar surface area (TPSA) is 49.1 Å². The number of aliphatic hydroxyl groups is 1. The number of rotatable bonds is 1. The zero-order chi connectivity index (χ0) is 12.6. The molecule has 1 heterocycles. The molecule has 0 spiro atoms. The fraction of sp³-hybridized carbons (Fsp3) is 0.462. The molecule has 3 N–H and O–H groups in total. The van der Waals surface area contributed by atoms with E-state index in [1.165, 1.54) is 0 Å². The van der Waals surface area contributed by atoms with Crippen molar-refractivity contribution in [1.82, 2.24) is 0 Å². The minimum absolute atomic E-state index is 0.0904. The normalized spacial score (nSPS) is 21.2. The summed E-state index contributed by atoms with van der Waals surface area (Å²) in [5.41, 5.74) is 4.97. The van der Waals surface area contributed by atoms with Crippen molar-refractivity contribution in [3.8, 4) is 0 Å². The molecule has 0 fully saturated rings. The van der Waals surface area contributed by atoms with Gasteiger partial charge in [-0.2, -0.15) is 0 Å². The summed E-state index contributed by atoms with van der Waals surface area (Å²) in [6.45, 7) is 8.09. The number of quaternary nitrogens is 1. The molecule has 0 aliphatic carbocycles. The highest BCUT2D eigenvalue weighted by atomic mass is 16.3. The van der Waals surface area contributed by atoms with Crippen molar-refractivity contribution >= 4 is 17.2 Å². The molecule has 0 radical (unpaired) electrons. The van der Waals surface area contributed by atoms with Crippen molar-refractivity contribution in [1.29, 1.82) is 0 Å². The van der Waals surface area contributed by atoms with E-state index in [1.807, 2.05) is 24.3 Å². The maximum atomic E-state index is 10.0. The van der Waals surface area contributed by atoms with Gasteiger partial charge < -0.3 is 5.11 Å². The smallest absolute Gasteiger partial charge is 0.231 e. The molecule has 1 aliphatic heterocycles. The van der Waals surface area contributed by atoms with Crippen LogP contribution < -0.4 is 10.3 Å². The molecule has 1 aromatic carbocycles. The minimum atomic E-state index is -0.517. The molecule has 0 aromatic heterocycles. The van der Waals surface area contributed by atoms with E-state index < -0.39 is 6.23 Å². The summed E-state index contributed by atoms with van der Waals surface area (Å²) in [5, 5.41) is 14.4. The molecular weight excluding hydrogens is 214 g/mol. The van der Waals surface area contributed by atoms with Crippen LogP contribution in [0.15, 0.2) is 29.4 Å². The summed E-state index contributed by atoms with van der Waals surface area (Å²) in [6, 6.07) is 7.93. The summed E-state index contributed by atoms with van der Waals surface area (Å²) >= 11 is 0. The predicted molar refractivity (Wildman–Crippen MR) is 69.3 cm³/mol. The second-order valence-electron chi connectivity index (χ2n) is 5.46. The number of hydrazone groups is 1. The number of aliphatic hydroxyl groups excluding tert-OH is 1. The number of nitrogens with one attached hydrogen (secondary N) is 2. The summed E-state index contributed by atoms with van der Waals surface area (Å²) in [7, 11) is 0. The van der Waals surface area contributed by atoms with Crippen molar-refractivity contribution in [2.24, 2.45) is 10.5 Å². The van der Waals surface area contributed by atoms with Gasteiger partial charge in [-0.3, -0.25) is 5.43 Å². The first-order chi connectivity index (χ1) is 7.91. The lowest BCUT2D eigenvalue weighted by atomic mass is 9.93. The summed E-state index contributed by atoms with van der Waals surface area (Å²) < 4.78 is 0. The highest BCUT2D eigenvalue weighted by molar-refractivity contribution is 5.85. The van der Waals surface area contributed by atoms with E-state index in [2.05, 4.69) is 31.3 Å². The number of fused-ring (bicyclic) bond motifs is 1. The molecule has 2 unspecified atom stereocenters.